The standard InChI is InChI=1S/C16H24N4O2/c21-14-4-3-7-18(12-14)13-16(22)20-10-8-19(9-11-20)15-5-1-2-6-17-15/h1-2,5-6,14,21H,3-4,7-13H2/t14-/m1/s1. The quantitative estimate of drug-likeness (QED) is 0.864. The highest BCUT2D eigenvalue weighted by atomic mass is 16.3. The van der Waals surface area contributed by atoms with Gasteiger partial charge in [-0.25, -0.2) is 4.98 Å². The molecule has 0 bridgehead atoms. The molecular formula is C16H24N4O2. The number of β-amino-alcohol motifs (C(OH)–C–C–N with tert-alkyl or cyclic N) is 1. The summed E-state index contributed by atoms with van der Waals surface area (Å²) in [6.07, 6.45) is 3.35. The number of pyridine rings is 1. The van der Waals surface area contributed by atoms with Crippen molar-refractivity contribution in [2.75, 3.05) is 50.7 Å². The fourth-order valence-electron chi connectivity index (χ4n) is 3.19. The van der Waals surface area contributed by atoms with E-state index >= 15 is 0 Å². The minimum Gasteiger partial charge on any atom is -0.392 e. The Morgan fingerprint density at radius 1 is 1.23 bits per heavy atom. The number of amides is 1. The smallest absolute Gasteiger partial charge is 0.236 e. The summed E-state index contributed by atoms with van der Waals surface area (Å²) in [5.41, 5.74) is 0. The Morgan fingerprint density at radius 2 is 2.05 bits per heavy atom. The molecule has 3 rings (SSSR count). The Balaban J connectivity index is 1.47. The Bertz CT molecular complexity index is 488. The number of carbonyl (C=O) groups is 1. The van der Waals surface area contributed by atoms with Gasteiger partial charge in [-0.2, -0.15) is 0 Å². The molecule has 120 valence electrons. The first kappa shape index (κ1) is 15.2. The number of aliphatic hydroxyl groups excluding tert-OH is 1. The molecule has 1 amide bonds. The molecule has 2 aliphatic heterocycles. The molecule has 22 heavy (non-hydrogen) atoms. The van der Waals surface area contributed by atoms with Gasteiger partial charge in [-0.05, 0) is 31.5 Å². The van der Waals surface area contributed by atoms with E-state index in [2.05, 4.69) is 14.8 Å². The molecule has 0 unspecified atom stereocenters. The highest BCUT2D eigenvalue weighted by molar-refractivity contribution is 5.78. The zero-order valence-corrected chi connectivity index (χ0v) is 12.9. The van der Waals surface area contributed by atoms with E-state index in [1.54, 1.807) is 6.20 Å². The zero-order valence-electron chi connectivity index (χ0n) is 12.9. The van der Waals surface area contributed by atoms with E-state index in [9.17, 15) is 9.90 Å². The van der Waals surface area contributed by atoms with Crippen LogP contribution in [-0.4, -0.2) is 77.7 Å². The number of hydrogen-bond acceptors (Lipinski definition) is 5. The zero-order chi connectivity index (χ0) is 15.4. The number of carbonyl (C=O) groups excluding carboxylic acids is 1. The van der Waals surface area contributed by atoms with Gasteiger partial charge in [0.05, 0.1) is 12.6 Å². The number of hydrogen-bond donors (Lipinski definition) is 1. The van der Waals surface area contributed by atoms with Gasteiger partial charge in [-0.15, -0.1) is 0 Å². The lowest BCUT2D eigenvalue weighted by Gasteiger charge is -2.37. The van der Waals surface area contributed by atoms with Crippen LogP contribution in [0, 0.1) is 0 Å². The average Bonchev–Trinajstić information content (AvgIpc) is 2.56. The van der Waals surface area contributed by atoms with Crippen LogP contribution >= 0.6 is 0 Å². The third-order valence-corrected chi connectivity index (χ3v) is 4.45. The molecule has 6 nitrogen and oxygen atoms in total. The van der Waals surface area contributed by atoms with Crippen molar-refractivity contribution in [2.45, 2.75) is 18.9 Å². The van der Waals surface area contributed by atoms with Crippen LogP contribution in [0.15, 0.2) is 24.4 Å². The average molecular weight is 304 g/mol. The molecule has 2 saturated heterocycles. The fourth-order valence-corrected chi connectivity index (χ4v) is 3.19. The van der Waals surface area contributed by atoms with E-state index in [-0.39, 0.29) is 12.0 Å². The number of piperazine rings is 1. The van der Waals surface area contributed by atoms with Crippen LogP contribution in [0.4, 0.5) is 5.82 Å². The SMILES string of the molecule is O=C(CN1CCC[C@@H](O)C1)N1CCN(c2ccccn2)CC1. The van der Waals surface area contributed by atoms with Crippen molar-refractivity contribution in [1.29, 1.82) is 0 Å². The summed E-state index contributed by atoms with van der Waals surface area (Å²) < 4.78 is 0. The van der Waals surface area contributed by atoms with E-state index in [1.807, 2.05) is 23.1 Å². The van der Waals surface area contributed by atoms with Gasteiger partial charge in [0.2, 0.25) is 5.91 Å². The van der Waals surface area contributed by atoms with Crippen molar-refractivity contribution in [3.63, 3.8) is 0 Å². The van der Waals surface area contributed by atoms with Gasteiger partial charge in [0.15, 0.2) is 0 Å². The molecule has 0 radical (unpaired) electrons. The van der Waals surface area contributed by atoms with Crippen molar-refractivity contribution >= 4 is 11.7 Å². The minimum absolute atomic E-state index is 0.176. The second-order valence-electron chi connectivity index (χ2n) is 6.09. The summed E-state index contributed by atoms with van der Waals surface area (Å²) >= 11 is 0. The van der Waals surface area contributed by atoms with Gasteiger partial charge >= 0.3 is 0 Å². The van der Waals surface area contributed by atoms with Crippen molar-refractivity contribution in [3.8, 4) is 0 Å². The van der Waals surface area contributed by atoms with Crippen molar-refractivity contribution in [1.82, 2.24) is 14.8 Å². The molecule has 6 heteroatoms. The van der Waals surface area contributed by atoms with E-state index in [4.69, 9.17) is 0 Å². The number of likely N-dealkylation sites (tertiary alicyclic amines) is 1. The lowest BCUT2D eigenvalue weighted by molar-refractivity contribution is -0.133. The van der Waals surface area contributed by atoms with Gasteiger partial charge in [0.1, 0.15) is 5.82 Å². The second kappa shape index (κ2) is 7.07. The normalized spacial score (nSPS) is 23.6. The topological polar surface area (TPSA) is 59.9 Å². The molecule has 0 saturated carbocycles. The second-order valence-corrected chi connectivity index (χ2v) is 6.09. The molecule has 2 fully saturated rings. The molecule has 1 aromatic heterocycles. The maximum atomic E-state index is 12.4. The van der Waals surface area contributed by atoms with E-state index in [0.29, 0.717) is 13.1 Å². The van der Waals surface area contributed by atoms with Crippen LogP contribution < -0.4 is 4.90 Å². The van der Waals surface area contributed by atoms with E-state index < -0.39 is 0 Å². The minimum atomic E-state index is -0.275. The number of piperidine rings is 1. The third kappa shape index (κ3) is 3.75. The summed E-state index contributed by atoms with van der Waals surface area (Å²) in [5, 5.41) is 9.68. The van der Waals surface area contributed by atoms with E-state index in [0.717, 1.165) is 51.4 Å². The van der Waals surface area contributed by atoms with Gasteiger partial charge in [0.25, 0.3) is 0 Å². The highest BCUT2D eigenvalue weighted by Gasteiger charge is 2.25. The van der Waals surface area contributed by atoms with Crippen LogP contribution in [0.1, 0.15) is 12.8 Å². The predicted octanol–water partition coefficient (Wildman–Crippen LogP) is 0.187. The molecule has 1 N–H and O–H groups in total. The maximum Gasteiger partial charge on any atom is 0.236 e. The summed E-state index contributed by atoms with van der Waals surface area (Å²) in [6, 6.07) is 5.91. The number of nitrogens with zero attached hydrogens (tertiary/aromatic N) is 4. The largest absolute Gasteiger partial charge is 0.392 e. The summed E-state index contributed by atoms with van der Waals surface area (Å²) in [6.45, 7) is 5.10. The lowest BCUT2D eigenvalue weighted by atomic mass is 10.1. The van der Waals surface area contributed by atoms with Gasteiger partial charge in [0, 0.05) is 38.9 Å². The monoisotopic (exact) mass is 304 g/mol. The first-order valence-corrected chi connectivity index (χ1v) is 8.06. The van der Waals surface area contributed by atoms with Crippen LogP contribution in [0.25, 0.3) is 0 Å². The Hall–Kier alpha value is -1.66. The highest BCUT2D eigenvalue weighted by Crippen LogP contribution is 2.14. The summed E-state index contributed by atoms with van der Waals surface area (Å²) in [7, 11) is 0. The molecule has 1 aromatic rings. The Morgan fingerprint density at radius 3 is 2.73 bits per heavy atom. The number of aromatic nitrogens is 1. The first-order valence-electron chi connectivity index (χ1n) is 8.06. The molecule has 1 atom stereocenters. The fraction of sp³-hybridized carbons (Fsp3) is 0.625. The van der Waals surface area contributed by atoms with Crippen molar-refractivity contribution in [2.24, 2.45) is 0 Å². The third-order valence-electron chi connectivity index (χ3n) is 4.45. The van der Waals surface area contributed by atoms with Crippen LogP contribution in [0.3, 0.4) is 0 Å². The maximum absolute atomic E-state index is 12.4. The van der Waals surface area contributed by atoms with Gasteiger partial charge < -0.3 is 14.9 Å². The van der Waals surface area contributed by atoms with Crippen molar-refractivity contribution in [3.05, 3.63) is 24.4 Å². The van der Waals surface area contributed by atoms with Crippen LogP contribution in [0.5, 0.6) is 0 Å². The van der Waals surface area contributed by atoms with E-state index in [1.165, 1.54) is 0 Å². The Kier molecular flexibility index (Phi) is 4.90. The molecule has 0 spiro atoms. The first-order chi connectivity index (χ1) is 10.7. The number of anilines is 1. The predicted molar refractivity (Wildman–Crippen MR) is 84.7 cm³/mol. The summed E-state index contributed by atoms with van der Waals surface area (Å²) in [4.78, 5) is 23.0. The van der Waals surface area contributed by atoms with Crippen LogP contribution in [0.2, 0.25) is 0 Å². The molecule has 2 aliphatic rings. The van der Waals surface area contributed by atoms with Gasteiger partial charge in [-0.3, -0.25) is 9.69 Å². The Labute approximate surface area is 131 Å². The van der Waals surface area contributed by atoms with Crippen LogP contribution in [-0.2, 0) is 4.79 Å². The van der Waals surface area contributed by atoms with Gasteiger partial charge in [-0.1, -0.05) is 6.07 Å². The number of rotatable bonds is 3. The molecular weight excluding hydrogens is 280 g/mol. The van der Waals surface area contributed by atoms with Crippen molar-refractivity contribution < 1.29 is 9.90 Å². The molecule has 0 aromatic carbocycles. The summed E-state index contributed by atoms with van der Waals surface area (Å²) in [5.74, 6) is 1.16. The lowest BCUT2D eigenvalue weighted by Crippen LogP contribution is -2.52. The number of aliphatic hydroxyl groups is 1. The molecule has 0 aliphatic carbocycles. The molecule has 3 heterocycles.